The number of nitrogens with one attached hydrogen (secondary N) is 1. The second-order valence-corrected chi connectivity index (χ2v) is 6.69. The van der Waals surface area contributed by atoms with Gasteiger partial charge in [-0.25, -0.2) is 4.79 Å². The van der Waals surface area contributed by atoms with Crippen molar-refractivity contribution in [3.63, 3.8) is 0 Å². The van der Waals surface area contributed by atoms with Crippen molar-refractivity contribution in [1.29, 1.82) is 0 Å². The van der Waals surface area contributed by atoms with E-state index < -0.39 is 5.97 Å². The van der Waals surface area contributed by atoms with Crippen LogP contribution in [-0.2, 0) is 14.3 Å². The number of nitrogens with zero attached hydrogens (tertiary/aromatic N) is 1. The standard InChI is InChI=1S/C17H22N2O4/c1-17(2,3)18-15(21)12-9-14(20)19(10-12)13-7-5-6-11(8-13)16(22)23-4/h5-8,12H,9-10H2,1-4H3,(H,18,21). The van der Waals surface area contributed by atoms with Crippen molar-refractivity contribution in [2.45, 2.75) is 32.7 Å². The van der Waals surface area contributed by atoms with Gasteiger partial charge in [0.2, 0.25) is 11.8 Å². The van der Waals surface area contributed by atoms with Gasteiger partial charge >= 0.3 is 5.97 Å². The van der Waals surface area contributed by atoms with Gasteiger partial charge in [-0.3, -0.25) is 9.59 Å². The summed E-state index contributed by atoms with van der Waals surface area (Å²) in [5.74, 6) is -1.09. The van der Waals surface area contributed by atoms with Gasteiger partial charge in [-0.05, 0) is 39.0 Å². The summed E-state index contributed by atoms with van der Waals surface area (Å²) in [7, 11) is 1.31. The number of methoxy groups -OCH3 is 1. The molecule has 1 unspecified atom stereocenters. The first-order valence-electron chi connectivity index (χ1n) is 7.52. The summed E-state index contributed by atoms with van der Waals surface area (Å²) in [5, 5.41) is 2.90. The molecule has 1 aromatic rings. The Bertz CT molecular complexity index is 634. The first-order chi connectivity index (χ1) is 10.7. The summed E-state index contributed by atoms with van der Waals surface area (Å²) in [6.07, 6.45) is 0.171. The molecule has 23 heavy (non-hydrogen) atoms. The Morgan fingerprint density at radius 1 is 1.30 bits per heavy atom. The lowest BCUT2D eigenvalue weighted by Gasteiger charge is -2.23. The molecular weight excluding hydrogens is 296 g/mol. The second-order valence-electron chi connectivity index (χ2n) is 6.69. The van der Waals surface area contributed by atoms with E-state index in [1.54, 1.807) is 29.2 Å². The maximum absolute atomic E-state index is 12.2. The van der Waals surface area contributed by atoms with Crippen molar-refractivity contribution in [3.8, 4) is 0 Å². The fourth-order valence-corrected chi connectivity index (χ4v) is 2.52. The Morgan fingerprint density at radius 3 is 2.61 bits per heavy atom. The summed E-state index contributed by atoms with van der Waals surface area (Å²) < 4.78 is 4.69. The Labute approximate surface area is 135 Å². The largest absolute Gasteiger partial charge is 0.465 e. The normalized spacial score (nSPS) is 18.0. The van der Waals surface area contributed by atoms with Crippen molar-refractivity contribution >= 4 is 23.5 Å². The molecule has 1 atom stereocenters. The van der Waals surface area contributed by atoms with Crippen LogP contribution in [0.2, 0.25) is 0 Å². The van der Waals surface area contributed by atoms with Crippen LogP contribution in [0.5, 0.6) is 0 Å². The molecule has 124 valence electrons. The highest BCUT2D eigenvalue weighted by Crippen LogP contribution is 2.26. The zero-order chi connectivity index (χ0) is 17.2. The van der Waals surface area contributed by atoms with E-state index in [9.17, 15) is 14.4 Å². The maximum atomic E-state index is 12.2. The summed E-state index contributed by atoms with van der Waals surface area (Å²) >= 11 is 0. The van der Waals surface area contributed by atoms with E-state index in [1.165, 1.54) is 7.11 Å². The second kappa shape index (κ2) is 6.40. The summed E-state index contributed by atoms with van der Waals surface area (Å²) in [4.78, 5) is 37.6. The van der Waals surface area contributed by atoms with E-state index in [-0.39, 0.29) is 29.7 Å². The van der Waals surface area contributed by atoms with Gasteiger partial charge in [0.1, 0.15) is 0 Å². The molecule has 0 saturated carbocycles. The van der Waals surface area contributed by atoms with Crippen LogP contribution in [-0.4, -0.2) is 37.0 Å². The van der Waals surface area contributed by atoms with Gasteiger partial charge in [0.15, 0.2) is 0 Å². The Hall–Kier alpha value is -2.37. The molecule has 1 aliphatic rings. The third kappa shape index (κ3) is 4.09. The Morgan fingerprint density at radius 2 is 2.00 bits per heavy atom. The number of carbonyl (C=O) groups is 3. The van der Waals surface area contributed by atoms with Gasteiger partial charge in [-0.15, -0.1) is 0 Å². The van der Waals surface area contributed by atoms with Crippen LogP contribution >= 0.6 is 0 Å². The minimum absolute atomic E-state index is 0.124. The molecule has 0 radical (unpaired) electrons. The zero-order valence-electron chi connectivity index (χ0n) is 13.9. The van der Waals surface area contributed by atoms with Crippen LogP contribution < -0.4 is 10.2 Å². The third-order valence-corrected chi connectivity index (χ3v) is 3.57. The van der Waals surface area contributed by atoms with Gasteiger partial charge in [0, 0.05) is 24.2 Å². The number of rotatable bonds is 3. The number of hydrogen-bond donors (Lipinski definition) is 1. The molecule has 2 rings (SSSR count). The van der Waals surface area contributed by atoms with Crippen LogP contribution in [0.25, 0.3) is 0 Å². The van der Waals surface area contributed by atoms with Crippen LogP contribution in [0.4, 0.5) is 5.69 Å². The quantitative estimate of drug-likeness (QED) is 0.861. The van der Waals surface area contributed by atoms with Crippen molar-refractivity contribution in [3.05, 3.63) is 29.8 Å². The summed E-state index contributed by atoms with van der Waals surface area (Å²) in [5.41, 5.74) is 0.641. The number of benzene rings is 1. The predicted molar refractivity (Wildman–Crippen MR) is 86.1 cm³/mol. The average molecular weight is 318 g/mol. The molecule has 1 heterocycles. The molecule has 1 saturated heterocycles. The smallest absolute Gasteiger partial charge is 0.337 e. The number of ether oxygens (including phenoxy) is 1. The first-order valence-corrected chi connectivity index (χ1v) is 7.52. The van der Waals surface area contributed by atoms with Crippen molar-refractivity contribution in [2.24, 2.45) is 5.92 Å². The molecular formula is C17H22N2O4. The fraction of sp³-hybridized carbons (Fsp3) is 0.471. The van der Waals surface area contributed by atoms with Crippen molar-refractivity contribution < 1.29 is 19.1 Å². The van der Waals surface area contributed by atoms with E-state index >= 15 is 0 Å². The van der Waals surface area contributed by atoms with E-state index in [1.807, 2.05) is 20.8 Å². The first kappa shape index (κ1) is 17.0. The number of hydrogen-bond acceptors (Lipinski definition) is 4. The zero-order valence-corrected chi connectivity index (χ0v) is 13.9. The van der Waals surface area contributed by atoms with Crippen molar-refractivity contribution in [1.82, 2.24) is 5.32 Å². The van der Waals surface area contributed by atoms with E-state index in [4.69, 9.17) is 0 Å². The lowest BCUT2D eigenvalue weighted by Crippen LogP contribution is -2.44. The van der Waals surface area contributed by atoms with Crippen LogP contribution in [0, 0.1) is 5.92 Å². The van der Waals surface area contributed by atoms with Crippen molar-refractivity contribution in [2.75, 3.05) is 18.6 Å². The summed E-state index contributed by atoms with van der Waals surface area (Å²) in [6, 6.07) is 6.67. The van der Waals surface area contributed by atoms with E-state index in [0.29, 0.717) is 17.8 Å². The highest BCUT2D eigenvalue weighted by atomic mass is 16.5. The minimum Gasteiger partial charge on any atom is -0.465 e. The van der Waals surface area contributed by atoms with Crippen LogP contribution in [0.15, 0.2) is 24.3 Å². The Balaban J connectivity index is 2.15. The molecule has 1 aliphatic heterocycles. The number of esters is 1. The molecule has 1 aromatic carbocycles. The lowest BCUT2D eigenvalue weighted by atomic mass is 10.0. The van der Waals surface area contributed by atoms with Gasteiger partial charge in [-0.1, -0.05) is 6.07 Å². The van der Waals surface area contributed by atoms with E-state index in [2.05, 4.69) is 10.1 Å². The number of amides is 2. The average Bonchev–Trinajstić information content (AvgIpc) is 2.87. The molecule has 1 fully saturated rings. The van der Waals surface area contributed by atoms with Gasteiger partial charge in [-0.2, -0.15) is 0 Å². The Kier molecular flexibility index (Phi) is 4.73. The number of carbonyl (C=O) groups excluding carboxylic acids is 3. The molecule has 6 nitrogen and oxygen atoms in total. The van der Waals surface area contributed by atoms with Gasteiger partial charge < -0.3 is 15.0 Å². The predicted octanol–water partition coefficient (Wildman–Crippen LogP) is 1.74. The van der Waals surface area contributed by atoms with E-state index in [0.717, 1.165) is 0 Å². The summed E-state index contributed by atoms with van der Waals surface area (Å²) in [6.45, 7) is 6.02. The monoisotopic (exact) mass is 318 g/mol. The van der Waals surface area contributed by atoms with Crippen LogP contribution in [0.3, 0.4) is 0 Å². The molecule has 0 aromatic heterocycles. The maximum Gasteiger partial charge on any atom is 0.337 e. The topological polar surface area (TPSA) is 75.7 Å². The molecule has 2 amide bonds. The third-order valence-electron chi connectivity index (χ3n) is 3.57. The van der Waals surface area contributed by atoms with Gasteiger partial charge in [0.25, 0.3) is 0 Å². The van der Waals surface area contributed by atoms with Gasteiger partial charge in [0.05, 0.1) is 18.6 Å². The molecule has 0 bridgehead atoms. The number of anilines is 1. The molecule has 1 N–H and O–H groups in total. The SMILES string of the molecule is COC(=O)c1cccc(N2CC(C(=O)NC(C)(C)C)CC2=O)c1. The molecule has 6 heteroatoms. The highest BCUT2D eigenvalue weighted by molar-refractivity contribution is 6.01. The van der Waals surface area contributed by atoms with Crippen LogP contribution in [0.1, 0.15) is 37.6 Å². The lowest BCUT2D eigenvalue weighted by molar-refractivity contribution is -0.127. The highest BCUT2D eigenvalue weighted by Gasteiger charge is 2.36. The minimum atomic E-state index is -0.458. The fourth-order valence-electron chi connectivity index (χ4n) is 2.52. The molecule has 0 aliphatic carbocycles. The molecule has 0 spiro atoms.